The second-order valence-corrected chi connectivity index (χ2v) is 8.90. The number of Topliss-reactive ketones (excluding diaryl/α,β-unsaturated/α-hetero) is 1. The first-order chi connectivity index (χ1) is 17.2. The first-order valence-corrected chi connectivity index (χ1v) is 11.6. The molecule has 188 valence electrons. The SMILES string of the molecule is CC(C(=O)c1cc(O)cc(O)c1)N(CCCn1cnc2c1c(=O)n(C)c(=O)n2C)Cc1ccccc1. The number of ketones is 1. The molecule has 0 radical (unpaired) electrons. The molecule has 0 aliphatic rings. The van der Waals surface area contributed by atoms with E-state index in [4.69, 9.17) is 0 Å². The number of aromatic hydroxyl groups is 2. The van der Waals surface area contributed by atoms with Gasteiger partial charge in [-0.2, -0.15) is 0 Å². The Bertz CT molecular complexity index is 1500. The highest BCUT2D eigenvalue weighted by atomic mass is 16.3. The molecule has 4 aromatic rings. The van der Waals surface area contributed by atoms with Crippen LogP contribution >= 0.6 is 0 Å². The maximum atomic E-state index is 13.2. The molecule has 0 saturated carbocycles. The zero-order valence-electron chi connectivity index (χ0n) is 20.5. The molecule has 0 amide bonds. The van der Waals surface area contributed by atoms with Crippen LogP contribution in [0, 0.1) is 0 Å². The van der Waals surface area contributed by atoms with Crippen LogP contribution in [0.2, 0.25) is 0 Å². The lowest BCUT2D eigenvalue weighted by atomic mass is 10.0. The van der Waals surface area contributed by atoms with Crippen LogP contribution in [0.1, 0.15) is 29.3 Å². The van der Waals surface area contributed by atoms with Crippen LogP contribution in [0.4, 0.5) is 0 Å². The summed E-state index contributed by atoms with van der Waals surface area (Å²) in [6, 6.07) is 13.1. The van der Waals surface area contributed by atoms with Crippen molar-refractivity contribution in [3.05, 3.63) is 86.8 Å². The summed E-state index contributed by atoms with van der Waals surface area (Å²) in [7, 11) is 3.02. The lowest BCUT2D eigenvalue weighted by Crippen LogP contribution is -2.39. The van der Waals surface area contributed by atoms with Gasteiger partial charge in [-0.3, -0.25) is 23.6 Å². The maximum absolute atomic E-state index is 13.2. The Labute approximate surface area is 207 Å². The molecule has 0 saturated heterocycles. The molecule has 2 heterocycles. The highest BCUT2D eigenvalue weighted by Crippen LogP contribution is 2.23. The number of imidazole rings is 1. The number of rotatable bonds is 9. The molecule has 1 atom stereocenters. The molecule has 0 spiro atoms. The lowest BCUT2D eigenvalue weighted by Gasteiger charge is -2.28. The van der Waals surface area contributed by atoms with E-state index in [1.807, 2.05) is 35.2 Å². The summed E-state index contributed by atoms with van der Waals surface area (Å²) < 4.78 is 4.14. The summed E-state index contributed by atoms with van der Waals surface area (Å²) in [5, 5.41) is 19.7. The van der Waals surface area contributed by atoms with E-state index in [1.54, 1.807) is 24.9 Å². The van der Waals surface area contributed by atoms with E-state index < -0.39 is 17.3 Å². The zero-order valence-corrected chi connectivity index (χ0v) is 20.5. The van der Waals surface area contributed by atoms with Crippen LogP contribution in [0.5, 0.6) is 11.5 Å². The Morgan fingerprint density at radius 3 is 2.36 bits per heavy atom. The number of hydrogen-bond donors (Lipinski definition) is 2. The van der Waals surface area contributed by atoms with Gasteiger partial charge in [0, 0.05) is 45.4 Å². The molecule has 4 rings (SSSR count). The van der Waals surface area contributed by atoms with Crippen LogP contribution in [-0.4, -0.2) is 52.2 Å². The van der Waals surface area contributed by atoms with Crippen molar-refractivity contribution in [1.29, 1.82) is 0 Å². The highest BCUT2D eigenvalue weighted by molar-refractivity contribution is 6.00. The number of fused-ring (bicyclic) bond motifs is 1. The van der Waals surface area contributed by atoms with Gasteiger partial charge in [-0.05, 0) is 31.0 Å². The van der Waals surface area contributed by atoms with Gasteiger partial charge >= 0.3 is 5.69 Å². The van der Waals surface area contributed by atoms with E-state index in [2.05, 4.69) is 4.98 Å². The number of aromatic nitrogens is 4. The second kappa shape index (κ2) is 10.2. The molecule has 1 unspecified atom stereocenters. The van der Waals surface area contributed by atoms with E-state index >= 15 is 0 Å². The van der Waals surface area contributed by atoms with Crippen molar-refractivity contribution < 1.29 is 15.0 Å². The molecule has 10 nitrogen and oxygen atoms in total. The topological polar surface area (TPSA) is 123 Å². The summed E-state index contributed by atoms with van der Waals surface area (Å²) in [6.45, 7) is 3.30. The van der Waals surface area contributed by atoms with Crippen molar-refractivity contribution >= 4 is 16.9 Å². The number of aryl methyl sites for hydroxylation is 2. The minimum absolute atomic E-state index is 0.178. The highest BCUT2D eigenvalue weighted by Gasteiger charge is 2.24. The Kier molecular flexibility index (Phi) is 7.07. The molecular formula is C26H29N5O5. The molecule has 2 aromatic carbocycles. The van der Waals surface area contributed by atoms with Gasteiger partial charge in [0.15, 0.2) is 16.9 Å². The monoisotopic (exact) mass is 491 g/mol. The van der Waals surface area contributed by atoms with Crippen LogP contribution < -0.4 is 11.2 Å². The molecule has 0 aliphatic heterocycles. The molecule has 0 fully saturated rings. The van der Waals surface area contributed by atoms with Crippen molar-refractivity contribution in [2.75, 3.05) is 6.54 Å². The van der Waals surface area contributed by atoms with Gasteiger partial charge in [-0.25, -0.2) is 9.78 Å². The van der Waals surface area contributed by atoms with Crippen molar-refractivity contribution in [3.8, 4) is 11.5 Å². The summed E-state index contributed by atoms with van der Waals surface area (Å²) in [5.41, 5.74) is 1.11. The minimum atomic E-state index is -0.542. The molecule has 0 bridgehead atoms. The van der Waals surface area contributed by atoms with E-state index in [0.29, 0.717) is 37.2 Å². The number of benzene rings is 2. The third kappa shape index (κ3) is 4.94. The van der Waals surface area contributed by atoms with E-state index in [0.717, 1.165) is 10.1 Å². The Hall–Kier alpha value is -4.18. The number of phenols is 2. The summed E-state index contributed by atoms with van der Waals surface area (Å²) in [6.07, 6.45) is 2.16. The standard InChI is InChI=1S/C26H29N5O5/c1-17(23(34)19-12-20(32)14-21(33)13-19)30(15-18-8-5-4-6-9-18)10-7-11-31-16-27-24-22(31)25(35)29(3)26(36)28(24)2/h4-6,8-9,12-14,16-17,32-33H,7,10-11,15H2,1-3H3. The van der Waals surface area contributed by atoms with Gasteiger partial charge in [-0.1, -0.05) is 30.3 Å². The van der Waals surface area contributed by atoms with Crippen LogP contribution in [0.3, 0.4) is 0 Å². The van der Waals surface area contributed by atoms with Gasteiger partial charge in [0.1, 0.15) is 11.5 Å². The maximum Gasteiger partial charge on any atom is 0.332 e. The van der Waals surface area contributed by atoms with Gasteiger partial charge < -0.3 is 14.8 Å². The van der Waals surface area contributed by atoms with Crippen LogP contribution in [0.25, 0.3) is 11.2 Å². The van der Waals surface area contributed by atoms with Crippen molar-refractivity contribution in [3.63, 3.8) is 0 Å². The number of hydrogen-bond acceptors (Lipinski definition) is 7. The number of carbonyl (C=O) groups is 1. The van der Waals surface area contributed by atoms with Gasteiger partial charge in [0.25, 0.3) is 5.56 Å². The predicted octanol–water partition coefficient (Wildman–Crippen LogP) is 2.01. The molecule has 2 N–H and O–H groups in total. The average Bonchev–Trinajstić information content (AvgIpc) is 3.29. The molecule has 36 heavy (non-hydrogen) atoms. The predicted molar refractivity (Wildman–Crippen MR) is 135 cm³/mol. The van der Waals surface area contributed by atoms with Gasteiger partial charge in [-0.15, -0.1) is 0 Å². The lowest BCUT2D eigenvalue weighted by molar-refractivity contribution is 0.0823. The first kappa shape index (κ1) is 24.9. The quantitative estimate of drug-likeness (QED) is 0.343. The van der Waals surface area contributed by atoms with E-state index in [9.17, 15) is 24.6 Å². The largest absolute Gasteiger partial charge is 0.508 e. The molecule has 0 aliphatic carbocycles. The molecular weight excluding hydrogens is 462 g/mol. The van der Waals surface area contributed by atoms with Crippen LogP contribution in [0.15, 0.2) is 64.4 Å². The summed E-state index contributed by atoms with van der Waals surface area (Å²) >= 11 is 0. The fourth-order valence-corrected chi connectivity index (χ4v) is 4.38. The molecule has 10 heteroatoms. The van der Waals surface area contributed by atoms with Crippen molar-refractivity contribution in [2.24, 2.45) is 14.1 Å². The second-order valence-electron chi connectivity index (χ2n) is 8.90. The van der Waals surface area contributed by atoms with Gasteiger partial charge in [0.05, 0.1) is 12.4 Å². The smallest absolute Gasteiger partial charge is 0.332 e. The minimum Gasteiger partial charge on any atom is -0.508 e. The molecule has 2 aromatic heterocycles. The van der Waals surface area contributed by atoms with E-state index in [-0.39, 0.29) is 22.8 Å². The fourth-order valence-electron chi connectivity index (χ4n) is 4.38. The van der Waals surface area contributed by atoms with Crippen molar-refractivity contribution in [2.45, 2.75) is 32.5 Å². The average molecular weight is 492 g/mol. The first-order valence-electron chi connectivity index (χ1n) is 11.6. The third-order valence-electron chi connectivity index (χ3n) is 6.40. The number of phenolic OH excluding ortho intramolecular Hbond substituents is 2. The van der Waals surface area contributed by atoms with Crippen LogP contribution in [-0.2, 0) is 27.2 Å². The summed E-state index contributed by atoms with van der Waals surface area (Å²) in [5.74, 6) is -0.583. The van der Waals surface area contributed by atoms with Gasteiger partial charge in [0.2, 0.25) is 0 Å². The normalized spacial score (nSPS) is 12.3. The zero-order chi connectivity index (χ0) is 26.0. The summed E-state index contributed by atoms with van der Waals surface area (Å²) in [4.78, 5) is 44.4. The fraction of sp³-hybridized carbons (Fsp3) is 0.308. The Balaban J connectivity index is 1.57. The number of carbonyl (C=O) groups excluding carboxylic acids is 1. The van der Waals surface area contributed by atoms with Crippen molar-refractivity contribution in [1.82, 2.24) is 23.6 Å². The van der Waals surface area contributed by atoms with E-state index in [1.165, 1.54) is 29.8 Å². The Morgan fingerprint density at radius 2 is 1.69 bits per heavy atom. The third-order valence-corrected chi connectivity index (χ3v) is 6.40. The number of nitrogens with zero attached hydrogens (tertiary/aromatic N) is 5. The Morgan fingerprint density at radius 1 is 1.03 bits per heavy atom.